The summed E-state index contributed by atoms with van der Waals surface area (Å²) < 4.78 is 0. The molecule has 0 bridgehead atoms. The summed E-state index contributed by atoms with van der Waals surface area (Å²) in [6.07, 6.45) is 10.2. The fourth-order valence-electron chi connectivity index (χ4n) is 5.39. The zero-order chi connectivity index (χ0) is 28.0. The van der Waals surface area contributed by atoms with Gasteiger partial charge in [0.05, 0.1) is 5.88 Å². The standard InChI is InChI=1S/C30H48N4O3S2/c1-23(2)30(37)34(22-38-3)19-28(35)32-27(21-39-20-25-12-8-5-9-13-25)29(36)31-26-14-16-33(17-15-26)18-24-10-6-4-7-11-24/h4,6-7,10-11,23,25-27H,5,8-9,12-22H2,1-3H3,(H,31,36)(H,32,35). The van der Waals surface area contributed by atoms with Crippen molar-refractivity contribution in [1.29, 1.82) is 0 Å². The largest absolute Gasteiger partial charge is 0.351 e. The molecule has 1 aromatic rings. The zero-order valence-corrected chi connectivity index (χ0v) is 25.7. The Morgan fingerprint density at radius 1 is 1.03 bits per heavy atom. The van der Waals surface area contributed by atoms with Crippen LogP contribution in [0.4, 0.5) is 0 Å². The molecule has 1 saturated heterocycles. The van der Waals surface area contributed by atoms with Gasteiger partial charge >= 0.3 is 0 Å². The molecular formula is C30H48N4O3S2. The first-order valence-electron chi connectivity index (χ1n) is 14.6. The van der Waals surface area contributed by atoms with E-state index in [1.165, 1.54) is 49.4 Å². The minimum Gasteiger partial charge on any atom is -0.351 e. The van der Waals surface area contributed by atoms with Crippen molar-refractivity contribution in [2.45, 2.75) is 77.4 Å². The van der Waals surface area contributed by atoms with Gasteiger partial charge in [0.1, 0.15) is 12.6 Å². The molecule has 1 aliphatic heterocycles. The molecule has 2 fully saturated rings. The van der Waals surface area contributed by atoms with E-state index < -0.39 is 6.04 Å². The van der Waals surface area contributed by atoms with Crippen LogP contribution in [0, 0.1) is 11.8 Å². The maximum atomic E-state index is 13.4. The molecule has 1 saturated carbocycles. The number of piperidine rings is 1. The highest BCUT2D eigenvalue weighted by molar-refractivity contribution is 7.99. The molecule has 1 aliphatic carbocycles. The molecule has 1 heterocycles. The quantitative estimate of drug-likeness (QED) is 0.320. The molecule has 0 radical (unpaired) electrons. The summed E-state index contributed by atoms with van der Waals surface area (Å²) in [7, 11) is 0. The van der Waals surface area contributed by atoms with E-state index in [2.05, 4.69) is 39.8 Å². The first-order valence-corrected chi connectivity index (χ1v) is 17.1. The predicted molar refractivity (Wildman–Crippen MR) is 164 cm³/mol. The van der Waals surface area contributed by atoms with Crippen molar-refractivity contribution in [2.24, 2.45) is 11.8 Å². The highest BCUT2D eigenvalue weighted by Gasteiger charge is 2.28. The number of hydrogen-bond donors (Lipinski definition) is 2. The highest BCUT2D eigenvalue weighted by atomic mass is 32.2. The van der Waals surface area contributed by atoms with E-state index in [1.54, 1.807) is 16.7 Å². The van der Waals surface area contributed by atoms with E-state index in [-0.39, 0.29) is 36.2 Å². The molecule has 2 N–H and O–H groups in total. The van der Waals surface area contributed by atoms with Crippen LogP contribution < -0.4 is 10.6 Å². The molecule has 39 heavy (non-hydrogen) atoms. The number of carbonyl (C=O) groups excluding carboxylic acids is 3. The summed E-state index contributed by atoms with van der Waals surface area (Å²) in [5, 5.41) is 6.22. The fraction of sp³-hybridized carbons (Fsp3) is 0.700. The van der Waals surface area contributed by atoms with E-state index in [9.17, 15) is 14.4 Å². The molecular weight excluding hydrogens is 528 g/mol. The van der Waals surface area contributed by atoms with Crippen molar-refractivity contribution >= 4 is 41.2 Å². The number of thioether (sulfide) groups is 2. The molecule has 0 aromatic heterocycles. The lowest BCUT2D eigenvalue weighted by atomic mass is 9.91. The number of amides is 3. The van der Waals surface area contributed by atoms with Crippen molar-refractivity contribution in [3.63, 3.8) is 0 Å². The number of benzene rings is 1. The third-order valence-electron chi connectivity index (χ3n) is 7.62. The Morgan fingerprint density at radius 2 is 1.72 bits per heavy atom. The molecule has 0 spiro atoms. The molecule has 3 amide bonds. The second kappa shape index (κ2) is 17.2. The van der Waals surface area contributed by atoms with E-state index in [4.69, 9.17) is 0 Å². The van der Waals surface area contributed by atoms with Gasteiger partial charge in [0.2, 0.25) is 17.7 Å². The Balaban J connectivity index is 1.53. The minimum absolute atomic E-state index is 0.0210. The van der Waals surface area contributed by atoms with Crippen molar-refractivity contribution < 1.29 is 14.4 Å². The first-order chi connectivity index (χ1) is 18.9. The Bertz CT molecular complexity index is 887. The zero-order valence-electron chi connectivity index (χ0n) is 24.0. The molecule has 3 rings (SSSR count). The van der Waals surface area contributed by atoms with E-state index >= 15 is 0 Å². The Kier molecular flexibility index (Phi) is 14.0. The number of nitrogens with one attached hydrogen (secondary N) is 2. The lowest BCUT2D eigenvalue weighted by molar-refractivity contribution is -0.138. The van der Waals surface area contributed by atoms with Gasteiger partial charge in [-0.1, -0.05) is 63.4 Å². The second-order valence-corrected chi connectivity index (χ2v) is 13.2. The minimum atomic E-state index is -0.598. The van der Waals surface area contributed by atoms with Crippen LogP contribution in [0.2, 0.25) is 0 Å². The second-order valence-electron chi connectivity index (χ2n) is 11.3. The summed E-state index contributed by atoms with van der Waals surface area (Å²) in [5.74, 6) is 2.15. The van der Waals surface area contributed by atoms with Gasteiger partial charge in [0.15, 0.2) is 0 Å². The molecule has 2 aliphatic rings. The number of rotatable bonds is 14. The van der Waals surface area contributed by atoms with Crippen LogP contribution in [0.1, 0.15) is 64.4 Å². The van der Waals surface area contributed by atoms with Gasteiger partial charge in [-0.25, -0.2) is 0 Å². The predicted octanol–water partition coefficient (Wildman–Crippen LogP) is 4.37. The molecule has 7 nitrogen and oxygen atoms in total. The van der Waals surface area contributed by atoms with Gasteiger partial charge in [-0.3, -0.25) is 19.3 Å². The summed E-state index contributed by atoms with van der Waals surface area (Å²) in [4.78, 5) is 43.1. The topological polar surface area (TPSA) is 81.8 Å². The van der Waals surface area contributed by atoms with Crippen molar-refractivity contribution in [3.05, 3.63) is 35.9 Å². The van der Waals surface area contributed by atoms with Gasteiger partial charge in [-0.05, 0) is 49.2 Å². The summed E-state index contributed by atoms with van der Waals surface area (Å²) in [6.45, 7) is 6.47. The maximum Gasteiger partial charge on any atom is 0.243 e. The van der Waals surface area contributed by atoms with Gasteiger partial charge in [0, 0.05) is 37.3 Å². The van der Waals surface area contributed by atoms with Crippen LogP contribution in [0.25, 0.3) is 0 Å². The monoisotopic (exact) mass is 576 g/mol. The van der Waals surface area contributed by atoms with Gasteiger partial charge in [0.25, 0.3) is 0 Å². The van der Waals surface area contributed by atoms with Crippen molar-refractivity contribution in [1.82, 2.24) is 20.4 Å². The van der Waals surface area contributed by atoms with Gasteiger partial charge in [-0.15, -0.1) is 11.8 Å². The van der Waals surface area contributed by atoms with Crippen LogP contribution in [0.15, 0.2) is 30.3 Å². The molecule has 1 atom stereocenters. The first kappa shape index (κ1) is 31.8. The van der Waals surface area contributed by atoms with Crippen molar-refractivity contribution in [3.8, 4) is 0 Å². The number of likely N-dealkylation sites (tertiary alicyclic amines) is 1. The summed E-state index contributed by atoms with van der Waals surface area (Å²) in [6, 6.07) is 10.0. The fourth-order valence-corrected chi connectivity index (χ4v) is 7.19. The third-order valence-corrected chi connectivity index (χ3v) is 9.47. The van der Waals surface area contributed by atoms with Crippen LogP contribution >= 0.6 is 23.5 Å². The highest BCUT2D eigenvalue weighted by Crippen LogP contribution is 2.27. The third kappa shape index (κ3) is 11.4. The normalized spacial score (nSPS) is 18.1. The van der Waals surface area contributed by atoms with E-state index in [0.29, 0.717) is 17.5 Å². The molecule has 9 heteroatoms. The lowest BCUT2D eigenvalue weighted by Gasteiger charge is -2.33. The van der Waals surface area contributed by atoms with Gasteiger partial charge in [-0.2, -0.15) is 11.8 Å². The Hall–Kier alpha value is -1.71. The lowest BCUT2D eigenvalue weighted by Crippen LogP contribution is -2.54. The van der Waals surface area contributed by atoms with E-state index in [1.807, 2.05) is 26.2 Å². The van der Waals surface area contributed by atoms with E-state index in [0.717, 1.165) is 38.2 Å². The smallest absolute Gasteiger partial charge is 0.243 e. The molecule has 1 unspecified atom stereocenters. The van der Waals surface area contributed by atoms with Crippen LogP contribution in [0.3, 0.4) is 0 Å². The average Bonchev–Trinajstić information content (AvgIpc) is 2.94. The van der Waals surface area contributed by atoms with Gasteiger partial charge < -0.3 is 15.5 Å². The summed E-state index contributed by atoms with van der Waals surface area (Å²) >= 11 is 3.29. The maximum absolute atomic E-state index is 13.4. The van der Waals surface area contributed by atoms with Crippen LogP contribution in [0.5, 0.6) is 0 Å². The van der Waals surface area contributed by atoms with Crippen molar-refractivity contribution in [2.75, 3.05) is 43.3 Å². The Labute approximate surface area is 244 Å². The van der Waals surface area contributed by atoms with Crippen LogP contribution in [-0.2, 0) is 20.9 Å². The Morgan fingerprint density at radius 3 is 2.36 bits per heavy atom. The molecule has 1 aromatic carbocycles. The van der Waals surface area contributed by atoms with Crippen LogP contribution in [-0.4, -0.2) is 82.9 Å². The number of nitrogens with zero attached hydrogens (tertiary/aromatic N) is 2. The summed E-state index contributed by atoms with van der Waals surface area (Å²) in [5.41, 5.74) is 1.31. The molecule has 218 valence electrons. The average molecular weight is 577 g/mol. The number of carbonyl (C=O) groups is 3. The SMILES string of the molecule is CSCN(CC(=O)NC(CSCC1CCCCC1)C(=O)NC1CCN(Cc2ccccc2)CC1)C(=O)C(C)C. The number of hydrogen-bond acceptors (Lipinski definition) is 6.